The summed E-state index contributed by atoms with van der Waals surface area (Å²) < 4.78 is 12.8. The Morgan fingerprint density at radius 3 is 2.74 bits per heavy atom. The highest BCUT2D eigenvalue weighted by molar-refractivity contribution is 6.29. The van der Waals surface area contributed by atoms with Crippen LogP contribution in [0.15, 0.2) is 30.3 Å². The predicted molar refractivity (Wildman–Crippen MR) is 70.0 cm³/mol. The summed E-state index contributed by atoms with van der Waals surface area (Å²) in [6.45, 7) is 1.69. The van der Waals surface area contributed by atoms with Gasteiger partial charge in [0, 0.05) is 6.07 Å². The maximum atomic E-state index is 12.8. The van der Waals surface area contributed by atoms with Crippen molar-refractivity contribution in [3.63, 3.8) is 0 Å². The predicted octanol–water partition coefficient (Wildman–Crippen LogP) is 3.14. The van der Waals surface area contributed by atoms with E-state index in [2.05, 4.69) is 10.3 Å². The van der Waals surface area contributed by atoms with Crippen molar-refractivity contribution in [3.05, 3.63) is 52.6 Å². The Bertz CT molecular complexity index is 647. The number of anilines is 1. The van der Waals surface area contributed by atoms with E-state index in [1.54, 1.807) is 13.0 Å². The van der Waals surface area contributed by atoms with Crippen molar-refractivity contribution in [1.82, 2.24) is 4.98 Å². The molecule has 98 valence electrons. The minimum absolute atomic E-state index is 0.0178. The van der Waals surface area contributed by atoms with Gasteiger partial charge in [0.25, 0.3) is 5.91 Å². The van der Waals surface area contributed by atoms with E-state index >= 15 is 0 Å². The Balaban J connectivity index is 2.25. The first kappa shape index (κ1) is 13.3. The largest absolute Gasteiger partial charge is 0.507 e. The molecule has 4 nitrogen and oxygen atoms in total. The van der Waals surface area contributed by atoms with E-state index in [-0.39, 0.29) is 5.56 Å². The Hall–Kier alpha value is -2.14. The van der Waals surface area contributed by atoms with Gasteiger partial charge < -0.3 is 10.4 Å². The number of aryl methyl sites for hydroxylation is 1. The molecular weight excluding hydrogens is 271 g/mol. The number of benzene rings is 1. The molecule has 6 heteroatoms. The fourth-order valence-corrected chi connectivity index (χ4v) is 1.74. The number of pyridine rings is 1. The molecule has 2 rings (SSSR count). The number of hydrogen-bond donors (Lipinski definition) is 2. The monoisotopic (exact) mass is 280 g/mol. The van der Waals surface area contributed by atoms with Gasteiger partial charge in [-0.05, 0) is 31.2 Å². The molecule has 0 fully saturated rings. The molecule has 1 heterocycles. The van der Waals surface area contributed by atoms with E-state index in [9.17, 15) is 14.3 Å². The molecule has 0 atom stereocenters. The highest BCUT2D eigenvalue weighted by atomic mass is 35.5. The number of carbonyl (C=O) groups is 1. The summed E-state index contributed by atoms with van der Waals surface area (Å²) in [6.07, 6.45) is 0. The van der Waals surface area contributed by atoms with Gasteiger partial charge in [-0.15, -0.1) is 0 Å². The van der Waals surface area contributed by atoms with E-state index in [0.29, 0.717) is 16.5 Å². The zero-order valence-electron chi connectivity index (χ0n) is 9.95. The Morgan fingerprint density at radius 1 is 1.37 bits per heavy atom. The fraction of sp³-hybridized carbons (Fsp3) is 0.0769. The van der Waals surface area contributed by atoms with Gasteiger partial charge in [0.1, 0.15) is 16.7 Å². The van der Waals surface area contributed by atoms with Crippen molar-refractivity contribution in [3.8, 4) is 5.75 Å². The van der Waals surface area contributed by atoms with E-state index < -0.39 is 17.5 Å². The highest BCUT2D eigenvalue weighted by Gasteiger charge is 2.13. The summed E-state index contributed by atoms with van der Waals surface area (Å²) in [6, 6.07) is 6.32. The van der Waals surface area contributed by atoms with Crippen molar-refractivity contribution >= 4 is 23.2 Å². The minimum atomic E-state index is -0.613. The molecule has 2 N–H and O–H groups in total. The number of carbonyl (C=O) groups excluding carboxylic acids is 1. The topological polar surface area (TPSA) is 62.2 Å². The van der Waals surface area contributed by atoms with Gasteiger partial charge in [0.05, 0.1) is 16.9 Å². The third kappa shape index (κ3) is 3.00. The number of aromatic nitrogens is 1. The SMILES string of the molecule is Cc1nc(Cl)ccc1NC(=O)c1ccc(F)cc1O. The number of hydrogen-bond acceptors (Lipinski definition) is 3. The van der Waals surface area contributed by atoms with Gasteiger partial charge in [0.2, 0.25) is 0 Å². The summed E-state index contributed by atoms with van der Waals surface area (Å²) in [7, 11) is 0. The molecule has 1 amide bonds. The van der Waals surface area contributed by atoms with Gasteiger partial charge in [-0.25, -0.2) is 9.37 Å². The number of nitrogens with one attached hydrogen (secondary N) is 1. The van der Waals surface area contributed by atoms with Crippen molar-refractivity contribution in [2.24, 2.45) is 0 Å². The zero-order chi connectivity index (χ0) is 14.0. The summed E-state index contributed by atoms with van der Waals surface area (Å²) in [5.41, 5.74) is 0.997. The van der Waals surface area contributed by atoms with Crippen LogP contribution in [-0.2, 0) is 0 Å². The van der Waals surface area contributed by atoms with Crippen LogP contribution in [0.2, 0.25) is 5.15 Å². The van der Waals surface area contributed by atoms with Crippen molar-refractivity contribution in [2.45, 2.75) is 6.92 Å². The summed E-state index contributed by atoms with van der Waals surface area (Å²) in [5, 5.41) is 12.4. The molecular formula is C13H10ClFN2O2. The second-order valence-corrected chi connectivity index (χ2v) is 4.27. The van der Waals surface area contributed by atoms with Crippen molar-refractivity contribution < 1.29 is 14.3 Å². The molecule has 0 unspecified atom stereocenters. The molecule has 0 bridgehead atoms. The van der Waals surface area contributed by atoms with E-state index in [1.807, 2.05) is 0 Å². The lowest BCUT2D eigenvalue weighted by Gasteiger charge is -2.09. The van der Waals surface area contributed by atoms with Gasteiger partial charge in [-0.3, -0.25) is 4.79 Å². The third-order valence-electron chi connectivity index (χ3n) is 2.50. The van der Waals surface area contributed by atoms with Crippen LogP contribution in [0.3, 0.4) is 0 Å². The van der Waals surface area contributed by atoms with Crippen LogP contribution in [-0.4, -0.2) is 16.0 Å². The zero-order valence-corrected chi connectivity index (χ0v) is 10.7. The fourth-order valence-electron chi connectivity index (χ4n) is 1.55. The quantitative estimate of drug-likeness (QED) is 0.831. The van der Waals surface area contributed by atoms with Crippen LogP contribution in [0.4, 0.5) is 10.1 Å². The Morgan fingerprint density at radius 2 is 2.11 bits per heavy atom. The number of phenolic OH excluding ortho intramolecular Hbond substituents is 1. The molecule has 0 aliphatic rings. The Labute approximate surface area is 113 Å². The summed E-state index contributed by atoms with van der Waals surface area (Å²) in [4.78, 5) is 15.9. The first-order chi connectivity index (χ1) is 8.97. The summed E-state index contributed by atoms with van der Waals surface area (Å²) in [5.74, 6) is -1.58. The third-order valence-corrected chi connectivity index (χ3v) is 2.71. The van der Waals surface area contributed by atoms with Crippen molar-refractivity contribution in [2.75, 3.05) is 5.32 Å². The minimum Gasteiger partial charge on any atom is -0.507 e. The number of nitrogens with zero attached hydrogens (tertiary/aromatic N) is 1. The number of aromatic hydroxyl groups is 1. The molecule has 19 heavy (non-hydrogen) atoms. The van der Waals surface area contributed by atoms with E-state index in [1.165, 1.54) is 12.1 Å². The first-order valence-corrected chi connectivity index (χ1v) is 5.78. The number of amides is 1. The first-order valence-electron chi connectivity index (χ1n) is 5.40. The number of phenols is 1. The molecule has 0 spiro atoms. The van der Waals surface area contributed by atoms with E-state index in [4.69, 9.17) is 11.6 Å². The highest BCUT2D eigenvalue weighted by Crippen LogP contribution is 2.21. The molecule has 0 saturated carbocycles. The second kappa shape index (κ2) is 5.24. The van der Waals surface area contributed by atoms with Gasteiger partial charge in [-0.1, -0.05) is 11.6 Å². The molecule has 0 radical (unpaired) electrons. The van der Waals surface area contributed by atoms with Crippen molar-refractivity contribution in [1.29, 1.82) is 0 Å². The standard InChI is InChI=1S/C13H10ClFN2O2/c1-7-10(4-5-12(14)16-7)17-13(19)9-3-2-8(15)6-11(9)18/h2-6,18H,1H3,(H,17,19). The number of rotatable bonds is 2. The maximum Gasteiger partial charge on any atom is 0.259 e. The number of halogens is 2. The van der Waals surface area contributed by atoms with Crippen LogP contribution < -0.4 is 5.32 Å². The molecule has 0 aliphatic carbocycles. The van der Waals surface area contributed by atoms with Gasteiger partial charge in [-0.2, -0.15) is 0 Å². The normalized spacial score (nSPS) is 10.3. The lowest BCUT2D eigenvalue weighted by atomic mass is 10.1. The van der Waals surface area contributed by atoms with Crippen LogP contribution in [0.1, 0.15) is 16.1 Å². The molecule has 1 aromatic carbocycles. The molecule has 1 aromatic heterocycles. The molecule has 2 aromatic rings. The maximum absolute atomic E-state index is 12.8. The molecule has 0 aliphatic heterocycles. The molecule has 0 saturated heterocycles. The van der Waals surface area contributed by atoms with Crippen LogP contribution in [0, 0.1) is 12.7 Å². The smallest absolute Gasteiger partial charge is 0.259 e. The average molecular weight is 281 g/mol. The lowest BCUT2D eigenvalue weighted by molar-refractivity contribution is 0.102. The van der Waals surface area contributed by atoms with Crippen LogP contribution in [0.5, 0.6) is 5.75 Å². The Kier molecular flexibility index (Phi) is 3.66. The van der Waals surface area contributed by atoms with Gasteiger partial charge >= 0.3 is 0 Å². The summed E-state index contributed by atoms with van der Waals surface area (Å²) >= 11 is 5.71. The van der Waals surface area contributed by atoms with Crippen LogP contribution >= 0.6 is 11.6 Å². The second-order valence-electron chi connectivity index (χ2n) is 3.88. The lowest BCUT2D eigenvalue weighted by Crippen LogP contribution is -2.13. The average Bonchev–Trinajstić information content (AvgIpc) is 2.32. The van der Waals surface area contributed by atoms with E-state index in [0.717, 1.165) is 12.1 Å². The van der Waals surface area contributed by atoms with Crippen LogP contribution in [0.25, 0.3) is 0 Å². The van der Waals surface area contributed by atoms with Gasteiger partial charge in [0.15, 0.2) is 0 Å².